The van der Waals surface area contributed by atoms with Crippen LogP contribution in [0.3, 0.4) is 0 Å². The Morgan fingerprint density at radius 1 is 1.46 bits per heavy atom. The fourth-order valence-corrected chi connectivity index (χ4v) is 2.11. The molecular formula is C8H11NO4. The number of aliphatic imine (C=N–C) groups is 1. The summed E-state index contributed by atoms with van der Waals surface area (Å²) in [4.78, 5) is 4.26. The van der Waals surface area contributed by atoms with Crippen LogP contribution in [0.5, 0.6) is 0 Å². The molecular weight excluding hydrogens is 174 g/mol. The van der Waals surface area contributed by atoms with Gasteiger partial charge in [-0.1, -0.05) is 0 Å². The Hall–Kier alpha value is -0.650. The first-order chi connectivity index (χ1) is 6.25. The summed E-state index contributed by atoms with van der Waals surface area (Å²) in [6.45, 7) is 2.13. The second kappa shape index (κ2) is 2.43. The molecule has 3 rings (SSSR count). The second-order valence-corrected chi connectivity index (χ2v) is 3.59. The van der Waals surface area contributed by atoms with Crippen molar-refractivity contribution in [1.82, 2.24) is 0 Å². The second-order valence-electron chi connectivity index (χ2n) is 3.59. The van der Waals surface area contributed by atoms with Crippen molar-refractivity contribution in [2.24, 2.45) is 4.99 Å². The van der Waals surface area contributed by atoms with E-state index < -0.39 is 6.10 Å². The number of rotatable bonds is 0. The van der Waals surface area contributed by atoms with E-state index in [0.717, 1.165) is 0 Å². The summed E-state index contributed by atoms with van der Waals surface area (Å²) in [7, 11) is 0. The maximum absolute atomic E-state index is 9.47. The molecule has 0 bridgehead atoms. The Bertz CT molecular complexity index is 267. The van der Waals surface area contributed by atoms with Crippen molar-refractivity contribution in [3.8, 4) is 0 Å². The number of nitrogens with zero attached hydrogens (tertiary/aromatic N) is 1. The maximum atomic E-state index is 9.47. The molecule has 0 spiro atoms. The molecule has 2 fully saturated rings. The molecule has 2 saturated heterocycles. The number of aliphatic hydroxyl groups excluding tert-OH is 1. The zero-order chi connectivity index (χ0) is 9.00. The molecule has 5 atom stereocenters. The minimum atomic E-state index is -0.533. The zero-order valence-electron chi connectivity index (χ0n) is 7.21. The highest BCUT2D eigenvalue weighted by Gasteiger charge is 2.55. The van der Waals surface area contributed by atoms with E-state index in [1.165, 1.54) is 0 Å². The Balaban J connectivity index is 1.86. The lowest BCUT2D eigenvalue weighted by Gasteiger charge is -2.12. The topological polar surface area (TPSA) is 60.3 Å². The Morgan fingerprint density at radius 2 is 2.31 bits per heavy atom. The monoisotopic (exact) mass is 185 g/mol. The summed E-state index contributed by atoms with van der Waals surface area (Å²) in [5.74, 6) is 0.637. The SMILES string of the molecule is CC1=N[C@H]2[C@@H](O1)O[C@H]1[C@@H]2OC[C@H]1O. The minimum absolute atomic E-state index is 0.0813. The molecule has 0 aromatic carbocycles. The van der Waals surface area contributed by atoms with Gasteiger partial charge in [-0.2, -0.15) is 0 Å². The minimum Gasteiger partial charge on any atom is -0.450 e. The van der Waals surface area contributed by atoms with Gasteiger partial charge in [-0.15, -0.1) is 0 Å². The molecule has 0 amide bonds. The number of fused-ring (bicyclic) bond motifs is 3. The van der Waals surface area contributed by atoms with Gasteiger partial charge in [-0.25, -0.2) is 4.99 Å². The van der Waals surface area contributed by atoms with Gasteiger partial charge in [0.25, 0.3) is 0 Å². The molecule has 0 aliphatic carbocycles. The molecule has 0 saturated carbocycles. The number of hydrogen-bond donors (Lipinski definition) is 1. The van der Waals surface area contributed by atoms with Crippen LogP contribution in [0.25, 0.3) is 0 Å². The summed E-state index contributed by atoms with van der Waals surface area (Å²) in [5.41, 5.74) is 0. The van der Waals surface area contributed by atoms with Crippen molar-refractivity contribution in [1.29, 1.82) is 0 Å². The summed E-state index contributed by atoms with van der Waals surface area (Å²) < 4.78 is 16.2. The quantitative estimate of drug-likeness (QED) is 0.541. The van der Waals surface area contributed by atoms with E-state index in [2.05, 4.69) is 4.99 Å². The van der Waals surface area contributed by atoms with Gasteiger partial charge in [-0.3, -0.25) is 0 Å². The van der Waals surface area contributed by atoms with Gasteiger partial charge in [0.2, 0.25) is 6.29 Å². The molecule has 0 radical (unpaired) electrons. The lowest BCUT2D eigenvalue weighted by molar-refractivity contribution is -0.103. The van der Waals surface area contributed by atoms with E-state index in [4.69, 9.17) is 14.2 Å². The van der Waals surface area contributed by atoms with Crippen molar-refractivity contribution in [3.63, 3.8) is 0 Å². The fraction of sp³-hybridized carbons (Fsp3) is 0.875. The Labute approximate surface area is 75.3 Å². The lowest BCUT2D eigenvalue weighted by atomic mass is 10.1. The third-order valence-corrected chi connectivity index (χ3v) is 2.69. The van der Waals surface area contributed by atoms with Gasteiger partial charge in [0.15, 0.2) is 5.90 Å². The molecule has 0 aromatic rings. The molecule has 1 N–H and O–H groups in total. The fourth-order valence-electron chi connectivity index (χ4n) is 2.11. The Kier molecular flexibility index (Phi) is 1.45. The zero-order valence-corrected chi connectivity index (χ0v) is 7.21. The molecule has 3 aliphatic heterocycles. The van der Waals surface area contributed by atoms with E-state index in [-0.39, 0.29) is 24.5 Å². The standard InChI is InChI=1S/C8H11NO4/c1-3-9-5-7-6(4(10)2-11-7)13-8(5)12-3/h4-8,10H,2H2,1H3/t4-,5-,6-,7-,8+/m1/s1. The molecule has 13 heavy (non-hydrogen) atoms. The van der Waals surface area contributed by atoms with Crippen molar-refractivity contribution >= 4 is 5.90 Å². The summed E-state index contributed by atoms with van der Waals surface area (Å²) in [5, 5.41) is 9.47. The molecule has 5 heteroatoms. The highest BCUT2D eigenvalue weighted by Crippen LogP contribution is 2.36. The van der Waals surface area contributed by atoms with Crippen LogP contribution in [0.1, 0.15) is 6.92 Å². The average molecular weight is 185 g/mol. The van der Waals surface area contributed by atoms with E-state index in [9.17, 15) is 5.11 Å². The van der Waals surface area contributed by atoms with Crippen molar-refractivity contribution in [2.75, 3.05) is 6.61 Å². The lowest BCUT2D eigenvalue weighted by Crippen LogP contribution is -2.30. The predicted octanol–water partition coefficient (Wildman–Crippen LogP) is -0.712. The molecule has 0 unspecified atom stereocenters. The summed E-state index contributed by atoms with van der Waals surface area (Å²) >= 11 is 0. The van der Waals surface area contributed by atoms with E-state index in [1.54, 1.807) is 6.92 Å². The predicted molar refractivity (Wildman–Crippen MR) is 42.4 cm³/mol. The maximum Gasteiger partial charge on any atom is 0.227 e. The van der Waals surface area contributed by atoms with Crippen LogP contribution < -0.4 is 0 Å². The third kappa shape index (κ3) is 0.948. The van der Waals surface area contributed by atoms with Crippen LogP contribution in [0.4, 0.5) is 0 Å². The van der Waals surface area contributed by atoms with Crippen molar-refractivity contribution < 1.29 is 19.3 Å². The van der Waals surface area contributed by atoms with Gasteiger partial charge in [-0.05, 0) is 0 Å². The van der Waals surface area contributed by atoms with Crippen LogP contribution in [0, 0.1) is 0 Å². The van der Waals surface area contributed by atoms with E-state index >= 15 is 0 Å². The Morgan fingerprint density at radius 3 is 3.15 bits per heavy atom. The molecule has 0 aromatic heterocycles. The third-order valence-electron chi connectivity index (χ3n) is 2.69. The first-order valence-corrected chi connectivity index (χ1v) is 4.42. The molecule has 3 heterocycles. The number of hydrogen-bond acceptors (Lipinski definition) is 5. The number of ether oxygens (including phenoxy) is 3. The summed E-state index contributed by atoms with van der Waals surface area (Å²) in [6, 6.07) is -0.0813. The molecule has 72 valence electrons. The average Bonchev–Trinajstić information content (AvgIpc) is 2.65. The smallest absolute Gasteiger partial charge is 0.227 e. The highest BCUT2D eigenvalue weighted by atomic mass is 16.7. The van der Waals surface area contributed by atoms with Gasteiger partial charge in [0, 0.05) is 6.92 Å². The van der Waals surface area contributed by atoms with Crippen LogP contribution in [0.2, 0.25) is 0 Å². The van der Waals surface area contributed by atoms with Gasteiger partial charge < -0.3 is 19.3 Å². The molecule has 3 aliphatic rings. The largest absolute Gasteiger partial charge is 0.450 e. The van der Waals surface area contributed by atoms with Crippen LogP contribution in [-0.4, -0.2) is 48.3 Å². The van der Waals surface area contributed by atoms with Crippen LogP contribution in [-0.2, 0) is 14.2 Å². The molecule has 5 nitrogen and oxygen atoms in total. The van der Waals surface area contributed by atoms with Crippen molar-refractivity contribution in [3.05, 3.63) is 0 Å². The van der Waals surface area contributed by atoms with Crippen LogP contribution >= 0.6 is 0 Å². The summed E-state index contributed by atoms with van der Waals surface area (Å²) in [6.07, 6.45) is -1.26. The first-order valence-electron chi connectivity index (χ1n) is 4.42. The van der Waals surface area contributed by atoms with E-state index in [1.807, 2.05) is 0 Å². The van der Waals surface area contributed by atoms with Gasteiger partial charge in [0.05, 0.1) is 6.61 Å². The van der Waals surface area contributed by atoms with Gasteiger partial charge >= 0.3 is 0 Å². The van der Waals surface area contributed by atoms with E-state index in [0.29, 0.717) is 12.5 Å². The van der Waals surface area contributed by atoms with Gasteiger partial charge in [0.1, 0.15) is 24.4 Å². The van der Waals surface area contributed by atoms with Crippen LogP contribution in [0.15, 0.2) is 4.99 Å². The normalized spacial score (nSPS) is 52.8. The van der Waals surface area contributed by atoms with Crippen molar-refractivity contribution in [2.45, 2.75) is 37.6 Å². The first kappa shape index (κ1) is 7.73. The highest BCUT2D eigenvalue weighted by molar-refractivity contribution is 5.75. The number of aliphatic hydroxyl groups is 1.